The molecule has 0 aliphatic carbocycles. The molecule has 0 saturated heterocycles. The van der Waals surface area contributed by atoms with Crippen LogP contribution in [-0.4, -0.2) is 29.2 Å². The van der Waals surface area contributed by atoms with E-state index in [1.165, 1.54) is 11.1 Å². The van der Waals surface area contributed by atoms with Gasteiger partial charge in [-0.25, -0.2) is 0 Å². The average Bonchev–Trinajstić information content (AvgIpc) is 2.31. The second-order valence-corrected chi connectivity index (χ2v) is 5.25. The fourth-order valence-corrected chi connectivity index (χ4v) is 2.00. The van der Waals surface area contributed by atoms with Crippen LogP contribution in [0.25, 0.3) is 0 Å². The van der Waals surface area contributed by atoms with E-state index in [4.69, 9.17) is 0 Å². The molecule has 0 aromatic heterocycles. The lowest BCUT2D eigenvalue weighted by Crippen LogP contribution is -2.37. The van der Waals surface area contributed by atoms with Gasteiger partial charge < -0.3 is 4.90 Å². The van der Waals surface area contributed by atoms with E-state index in [1.54, 1.807) is 4.90 Å². The Morgan fingerprint density at radius 1 is 1.35 bits per heavy atom. The summed E-state index contributed by atoms with van der Waals surface area (Å²) in [5.74, 6) is 0.167. The molecule has 0 saturated carbocycles. The lowest BCUT2D eigenvalue weighted by Gasteiger charge is -2.23. The molecule has 0 N–H and O–H groups in total. The number of alkyl halides is 1. The van der Waals surface area contributed by atoms with Gasteiger partial charge in [-0.2, -0.15) is 0 Å². The molecule has 0 aliphatic rings. The van der Waals surface area contributed by atoms with Crippen molar-refractivity contribution in [1.29, 1.82) is 0 Å². The van der Waals surface area contributed by atoms with Crippen molar-refractivity contribution in [2.24, 2.45) is 0 Å². The molecule has 17 heavy (non-hydrogen) atoms. The monoisotopic (exact) mass is 297 g/mol. The Hall–Kier alpha value is -0.830. The van der Waals surface area contributed by atoms with Crippen LogP contribution in [0, 0.1) is 13.8 Å². The highest BCUT2D eigenvalue weighted by Crippen LogP contribution is 2.12. The number of nitrogens with zero attached hydrogens (tertiary/aromatic N) is 1. The standard InChI is InChI=1S/C14H20BrNO/c1-10-5-6-13(7-11(10)2)8-14(17)16(4)12(3)9-15/h5-7,12H,8-9H2,1-4H3. The highest BCUT2D eigenvalue weighted by atomic mass is 79.9. The van der Waals surface area contributed by atoms with Crippen molar-refractivity contribution in [1.82, 2.24) is 4.90 Å². The molecule has 0 spiro atoms. The Kier molecular flexibility index (Phi) is 5.19. The highest BCUT2D eigenvalue weighted by molar-refractivity contribution is 9.09. The molecule has 1 amide bonds. The maximum Gasteiger partial charge on any atom is 0.226 e. The SMILES string of the molecule is Cc1ccc(CC(=O)N(C)C(C)CBr)cc1C. The van der Waals surface area contributed by atoms with Gasteiger partial charge >= 0.3 is 0 Å². The van der Waals surface area contributed by atoms with Gasteiger partial charge in [0.15, 0.2) is 0 Å². The molecular weight excluding hydrogens is 278 g/mol. The van der Waals surface area contributed by atoms with Crippen molar-refractivity contribution in [2.75, 3.05) is 12.4 Å². The molecular formula is C14H20BrNO. The van der Waals surface area contributed by atoms with Gasteiger partial charge in [-0.3, -0.25) is 4.79 Å². The Labute approximate surface area is 112 Å². The maximum atomic E-state index is 12.0. The zero-order chi connectivity index (χ0) is 13.0. The molecule has 0 aliphatic heterocycles. The topological polar surface area (TPSA) is 20.3 Å². The van der Waals surface area contributed by atoms with Gasteiger partial charge in [-0.1, -0.05) is 34.1 Å². The van der Waals surface area contributed by atoms with Crippen LogP contribution in [0.3, 0.4) is 0 Å². The number of aryl methyl sites for hydroxylation is 2. The van der Waals surface area contributed by atoms with Crippen LogP contribution in [0.2, 0.25) is 0 Å². The Bertz CT molecular complexity index is 403. The normalized spacial score (nSPS) is 12.3. The van der Waals surface area contributed by atoms with E-state index < -0.39 is 0 Å². The van der Waals surface area contributed by atoms with Crippen molar-refractivity contribution in [3.05, 3.63) is 34.9 Å². The number of carbonyl (C=O) groups is 1. The smallest absolute Gasteiger partial charge is 0.226 e. The maximum absolute atomic E-state index is 12.0. The number of hydrogen-bond acceptors (Lipinski definition) is 1. The van der Waals surface area contributed by atoms with Crippen LogP contribution in [0.5, 0.6) is 0 Å². The van der Waals surface area contributed by atoms with Crippen molar-refractivity contribution in [3.63, 3.8) is 0 Å². The third kappa shape index (κ3) is 3.84. The van der Waals surface area contributed by atoms with Gasteiger partial charge in [0, 0.05) is 18.4 Å². The number of benzene rings is 1. The highest BCUT2D eigenvalue weighted by Gasteiger charge is 2.14. The van der Waals surface area contributed by atoms with Crippen LogP contribution in [0.15, 0.2) is 18.2 Å². The molecule has 2 nitrogen and oxygen atoms in total. The summed E-state index contributed by atoms with van der Waals surface area (Å²) in [6.07, 6.45) is 0.481. The van der Waals surface area contributed by atoms with Crippen LogP contribution < -0.4 is 0 Å². The number of amides is 1. The van der Waals surface area contributed by atoms with Gasteiger partial charge in [-0.15, -0.1) is 0 Å². The summed E-state index contributed by atoms with van der Waals surface area (Å²) >= 11 is 3.40. The summed E-state index contributed by atoms with van der Waals surface area (Å²) in [5.41, 5.74) is 3.60. The molecule has 3 heteroatoms. The predicted molar refractivity (Wildman–Crippen MR) is 75.6 cm³/mol. The summed E-state index contributed by atoms with van der Waals surface area (Å²) in [7, 11) is 1.86. The summed E-state index contributed by atoms with van der Waals surface area (Å²) < 4.78 is 0. The molecule has 94 valence electrons. The number of carbonyl (C=O) groups excluding carboxylic acids is 1. The van der Waals surface area contributed by atoms with E-state index in [2.05, 4.69) is 41.9 Å². The first-order chi connectivity index (χ1) is 7.95. The number of hydrogen-bond donors (Lipinski definition) is 0. The van der Waals surface area contributed by atoms with Crippen LogP contribution in [0.4, 0.5) is 0 Å². The van der Waals surface area contributed by atoms with Crippen molar-refractivity contribution in [3.8, 4) is 0 Å². The third-order valence-electron chi connectivity index (χ3n) is 3.20. The minimum absolute atomic E-state index is 0.167. The van der Waals surface area contributed by atoms with Crippen LogP contribution >= 0.6 is 15.9 Å². The quantitative estimate of drug-likeness (QED) is 0.782. The van der Waals surface area contributed by atoms with Crippen LogP contribution in [-0.2, 0) is 11.2 Å². The fourth-order valence-electron chi connectivity index (χ4n) is 1.56. The minimum atomic E-state index is 0.167. The Morgan fingerprint density at radius 2 is 2.00 bits per heavy atom. The van der Waals surface area contributed by atoms with Crippen molar-refractivity contribution >= 4 is 21.8 Å². The average molecular weight is 298 g/mol. The summed E-state index contributed by atoms with van der Waals surface area (Å²) in [6, 6.07) is 6.44. The molecule has 1 aromatic rings. The molecule has 0 radical (unpaired) electrons. The Morgan fingerprint density at radius 3 is 2.53 bits per heavy atom. The number of rotatable bonds is 4. The summed E-state index contributed by atoms with van der Waals surface area (Å²) in [6.45, 7) is 6.20. The first-order valence-electron chi connectivity index (χ1n) is 5.83. The van der Waals surface area contributed by atoms with E-state index in [0.717, 1.165) is 10.9 Å². The van der Waals surface area contributed by atoms with Gasteiger partial charge in [0.25, 0.3) is 0 Å². The van der Waals surface area contributed by atoms with Crippen molar-refractivity contribution < 1.29 is 4.79 Å². The largest absolute Gasteiger partial charge is 0.342 e. The second kappa shape index (κ2) is 6.20. The van der Waals surface area contributed by atoms with E-state index in [9.17, 15) is 4.79 Å². The number of likely N-dealkylation sites (N-methyl/N-ethyl adjacent to an activating group) is 1. The van der Waals surface area contributed by atoms with E-state index in [-0.39, 0.29) is 11.9 Å². The van der Waals surface area contributed by atoms with Gasteiger partial charge in [-0.05, 0) is 37.5 Å². The summed E-state index contributed by atoms with van der Waals surface area (Å²) in [4.78, 5) is 13.8. The fraction of sp³-hybridized carbons (Fsp3) is 0.500. The zero-order valence-corrected chi connectivity index (χ0v) is 12.5. The first-order valence-corrected chi connectivity index (χ1v) is 6.95. The summed E-state index contributed by atoms with van der Waals surface area (Å²) in [5, 5.41) is 0.808. The van der Waals surface area contributed by atoms with E-state index in [1.807, 2.05) is 20.0 Å². The zero-order valence-electron chi connectivity index (χ0n) is 11.0. The first kappa shape index (κ1) is 14.2. The van der Waals surface area contributed by atoms with Crippen molar-refractivity contribution in [2.45, 2.75) is 33.2 Å². The molecule has 0 fully saturated rings. The number of halogens is 1. The van der Waals surface area contributed by atoms with Crippen LogP contribution in [0.1, 0.15) is 23.6 Å². The predicted octanol–water partition coefficient (Wildman–Crippen LogP) is 3.09. The lowest BCUT2D eigenvalue weighted by molar-refractivity contribution is -0.130. The molecule has 0 heterocycles. The minimum Gasteiger partial charge on any atom is -0.342 e. The van der Waals surface area contributed by atoms with Gasteiger partial charge in [0.05, 0.1) is 6.42 Å². The van der Waals surface area contributed by atoms with Gasteiger partial charge in [0.2, 0.25) is 5.91 Å². The lowest BCUT2D eigenvalue weighted by atomic mass is 10.0. The van der Waals surface area contributed by atoms with Gasteiger partial charge in [0.1, 0.15) is 0 Å². The third-order valence-corrected chi connectivity index (χ3v) is 4.14. The van der Waals surface area contributed by atoms with E-state index in [0.29, 0.717) is 6.42 Å². The molecule has 0 bridgehead atoms. The Balaban J connectivity index is 2.71. The molecule has 1 atom stereocenters. The molecule has 1 aromatic carbocycles. The molecule has 1 unspecified atom stereocenters. The molecule has 1 rings (SSSR count). The van der Waals surface area contributed by atoms with E-state index >= 15 is 0 Å². The second-order valence-electron chi connectivity index (χ2n) is 4.60.